The van der Waals surface area contributed by atoms with Gasteiger partial charge in [0.2, 0.25) is 0 Å². The first-order valence-corrected chi connectivity index (χ1v) is 7.63. The second kappa shape index (κ2) is 7.49. The number of nitrogens with zero attached hydrogens (tertiary/aromatic N) is 1. The monoisotopic (exact) mass is 325 g/mol. The summed E-state index contributed by atoms with van der Waals surface area (Å²) < 4.78 is 10.3. The summed E-state index contributed by atoms with van der Waals surface area (Å²) in [6, 6.07) is 5.26. The van der Waals surface area contributed by atoms with Crippen LogP contribution < -0.4 is 4.74 Å². The van der Waals surface area contributed by atoms with E-state index in [9.17, 15) is 9.59 Å². The molecule has 1 aliphatic rings. The second-order valence-corrected chi connectivity index (χ2v) is 5.84. The van der Waals surface area contributed by atoms with Gasteiger partial charge in [-0.1, -0.05) is 11.6 Å². The molecule has 1 fully saturated rings. The molecule has 0 unspecified atom stereocenters. The van der Waals surface area contributed by atoms with Crippen molar-refractivity contribution in [1.29, 1.82) is 0 Å². The van der Waals surface area contributed by atoms with Gasteiger partial charge < -0.3 is 14.4 Å². The maximum atomic E-state index is 12.2. The molecule has 0 bridgehead atoms. The van der Waals surface area contributed by atoms with Crippen molar-refractivity contribution in [2.45, 2.75) is 19.8 Å². The molecule has 1 aromatic rings. The molecule has 1 heterocycles. The molecule has 0 spiro atoms. The summed E-state index contributed by atoms with van der Waals surface area (Å²) in [5.74, 6) is 0.0224. The van der Waals surface area contributed by atoms with Crippen molar-refractivity contribution in [2.24, 2.45) is 5.92 Å². The lowest BCUT2D eigenvalue weighted by molar-refractivity contribution is -0.149. The molecule has 22 heavy (non-hydrogen) atoms. The van der Waals surface area contributed by atoms with Gasteiger partial charge in [0.1, 0.15) is 5.75 Å². The van der Waals surface area contributed by atoms with Gasteiger partial charge in [-0.3, -0.25) is 9.59 Å². The van der Waals surface area contributed by atoms with E-state index in [4.69, 9.17) is 21.1 Å². The summed E-state index contributed by atoms with van der Waals surface area (Å²) >= 11 is 5.89. The lowest BCUT2D eigenvalue weighted by Crippen LogP contribution is -2.44. The fraction of sp³-hybridized carbons (Fsp3) is 0.500. The fourth-order valence-electron chi connectivity index (χ4n) is 2.57. The average Bonchev–Trinajstić information content (AvgIpc) is 2.53. The lowest BCUT2D eigenvalue weighted by atomic mass is 9.98. The van der Waals surface area contributed by atoms with Crippen LogP contribution in [0.5, 0.6) is 5.75 Å². The van der Waals surface area contributed by atoms with Gasteiger partial charge in [0.15, 0.2) is 6.61 Å². The molecule has 1 aliphatic heterocycles. The predicted octanol–water partition coefficient (Wildman–Crippen LogP) is 2.44. The maximum absolute atomic E-state index is 12.2. The number of aryl methyl sites for hydroxylation is 1. The molecule has 0 aliphatic carbocycles. The largest absolute Gasteiger partial charge is 0.483 e. The normalized spacial score (nSPS) is 18.0. The molecule has 2 rings (SSSR count). The number of ether oxygens (including phenoxy) is 2. The Labute approximate surface area is 135 Å². The van der Waals surface area contributed by atoms with Crippen molar-refractivity contribution in [3.8, 4) is 5.75 Å². The smallest absolute Gasteiger partial charge is 0.310 e. The van der Waals surface area contributed by atoms with E-state index in [2.05, 4.69) is 0 Å². The molecule has 120 valence electrons. The quantitative estimate of drug-likeness (QED) is 0.798. The second-order valence-electron chi connectivity index (χ2n) is 5.40. The highest BCUT2D eigenvalue weighted by atomic mass is 35.5. The van der Waals surface area contributed by atoms with E-state index in [0.29, 0.717) is 23.9 Å². The van der Waals surface area contributed by atoms with Gasteiger partial charge in [-0.05, 0) is 43.5 Å². The van der Waals surface area contributed by atoms with E-state index in [1.807, 2.05) is 6.92 Å². The summed E-state index contributed by atoms with van der Waals surface area (Å²) in [7, 11) is 1.37. The Balaban J connectivity index is 1.90. The maximum Gasteiger partial charge on any atom is 0.310 e. The number of hydrogen-bond acceptors (Lipinski definition) is 4. The van der Waals surface area contributed by atoms with Crippen LogP contribution in [0.15, 0.2) is 18.2 Å². The Morgan fingerprint density at radius 3 is 2.86 bits per heavy atom. The minimum atomic E-state index is -0.257. The topological polar surface area (TPSA) is 55.8 Å². The van der Waals surface area contributed by atoms with Crippen molar-refractivity contribution >= 4 is 23.5 Å². The number of benzene rings is 1. The molecule has 0 saturated carbocycles. The van der Waals surface area contributed by atoms with Crippen LogP contribution in [0.25, 0.3) is 0 Å². The summed E-state index contributed by atoms with van der Waals surface area (Å²) in [5, 5.41) is 0.633. The zero-order valence-corrected chi connectivity index (χ0v) is 13.6. The Morgan fingerprint density at radius 2 is 2.18 bits per heavy atom. The van der Waals surface area contributed by atoms with Gasteiger partial charge in [-0.2, -0.15) is 0 Å². The first-order chi connectivity index (χ1) is 10.5. The first-order valence-electron chi connectivity index (χ1n) is 7.26. The lowest BCUT2D eigenvalue weighted by Gasteiger charge is -2.31. The van der Waals surface area contributed by atoms with Gasteiger partial charge in [-0.25, -0.2) is 0 Å². The van der Waals surface area contributed by atoms with E-state index in [1.165, 1.54) is 7.11 Å². The highest BCUT2D eigenvalue weighted by Gasteiger charge is 2.29. The Hall–Kier alpha value is -1.75. The molecule has 0 radical (unpaired) electrons. The minimum Gasteiger partial charge on any atom is -0.483 e. The number of esters is 1. The molecule has 0 aromatic heterocycles. The summed E-state index contributed by atoms with van der Waals surface area (Å²) in [6.07, 6.45) is 1.55. The minimum absolute atomic E-state index is 0.0453. The van der Waals surface area contributed by atoms with E-state index in [-0.39, 0.29) is 24.4 Å². The van der Waals surface area contributed by atoms with Crippen LogP contribution >= 0.6 is 11.6 Å². The van der Waals surface area contributed by atoms with Crippen LogP contribution in [-0.4, -0.2) is 43.6 Å². The molecule has 1 aromatic carbocycles. The zero-order valence-electron chi connectivity index (χ0n) is 12.8. The van der Waals surface area contributed by atoms with Crippen molar-refractivity contribution in [1.82, 2.24) is 4.90 Å². The fourth-order valence-corrected chi connectivity index (χ4v) is 2.79. The van der Waals surface area contributed by atoms with Gasteiger partial charge in [0.05, 0.1) is 13.0 Å². The third-order valence-electron chi connectivity index (χ3n) is 3.80. The van der Waals surface area contributed by atoms with Gasteiger partial charge in [0, 0.05) is 18.1 Å². The highest BCUT2D eigenvalue weighted by Crippen LogP contribution is 2.22. The third-order valence-corrected chi connectivity index (χ3v) is 4.03. The van der Waals surface area contributed by atoms with Crippen LogP contribution in [0.2, 0.25) is 5.02 Å². The van der Waals surface area contributed by atoms with Crippen LogP contribution in [0.4, 0.5) is 0 Å². The predicted molar refractivity (Wildman–Crippen MR) is 83.0 cm³/mol. The van der Waals surface area contributed by atoms with Crippen molar-refractivity contribution < 1.29 is 19.1 Å². The molecular formula is C16H20ClNO4. The number of rotatable bonds is 4. The molecule has 6 heteroatoms. The van der Waals surface area contributed by atoms with E-state index < -0.39 is 0 Å². The van der Waals surface area contributed by atoms with Gasteiger partial charge in [-0.15, -0.1) is 0 Å². The number of carbonyl (C=O) groups is 2. The molecule has 1 atom stereocenters. The molecule has 0 N–H and O–H groups in total. The first kappa shape index (κ1) is 16.6. The standard InChI is InChI=1S/C16H20ClNO4/c1-11-8-13(17)5-6-14(11)22-10-15(19)18-7-3-4-12(9-18)16(20)21-2/h5-6,8,12H,3-4,7,9-10H2,1-2H3/t12-/m0/s1. The Morgan fingerprint density at radius 1 is 1.41 bits per heavy atom. The number of methoxy groups -OCH3 is 1. The van der Waals surface area contributed by atoms with E-state index in [1.54, 1.807) is 23.1 Å². The molecule has 1 saturated heterocycles. The molecule has 1 amide bonds. The number of likely N-dealkylation sites (tertiary alicyclic amines) is 1. The van der Waals surface area contributed by atoms with Gasteiger partial charge in [0.25, 0.3) is 5.91 Å². The van der Waals surface area contributed by atoms with Crippen LogP contribution in [0, 0.1) is 12.8 Å². The number of hydrogen-bond donors (Lipinski definition) is 0. The van der Waals surface area contributed by atoms with E-state index >= 15 is 0 Å². The van der Waals surface area contributed by atoms with Crippen molar-refractivity contribution in [3.63, 3.8) is 0 Å². The number of carbonyl (C=O) groups excluding carboxylic acids is 2. The molecule has 5 nitrogen and oxygen atoms in total. The third kappa shape index (κ3) is 4.13. The summed E-state index contributed by atoms with van der Waals surface area (Å²) in [4.78, 5) is 25.5. The molecular weight excluding hydrogens is 306 g/mol. The van der Waals surface area contributed by atoms with Crippen LogP contribution in [0.1, 0.15) is 18.4 Å². The van der Waals surface area contributed by atoms with Crippen molar-refractivity contribution in [3.05, 3.63) is 28.8 Å². The highest BCUT2D eigenvalue weighted by molar-refractivity contribution is 6.30. The number of halogens is 1. The summed E-state index contributed by atoms with van der Waals surface area (Å²) in [5.41, 5.74) is 0.881. The Kier molecular flexibility index (Phi) is 5.66. The zero-order chi connectivity index (χ0) is 16.1. The Bertz CT molecular complexity index is 561. The van der Waals surface area contributed by atoms with Crippen molar-refractivity contribution in [2.75, 3.05) is 26.8 Å². The number of amides is 1. The van der Waals surface area contributed by atoms with Gasteiger partial charge >= 0.3 is 5.97 Å². The van der Waals surface area contributed by atoms with Crippen LogP contribution in [-0.2, 0) is 14.3 Å². The van der Waals surface area contributed by atoms with E-state index in [0.717, 1.165) is 18.4 Å². The summed E-state index contributed by atoms with van der Waals surface area (Å²) in [6.45, 7) is 2.87. The SMILES string of the molecule is COC(=O)[C@H]1CCCN(C(=O)COc2ccc(Cl)cc2C)C1. The number of piperidine rings is 1. The average molecular weight is 326 g/mol. The van der Waals surface area contributed by atoms with Crippen LogP contribution in [0.3, 0.4) is 0 Å².